The van der Waals surface area contributed by atoms with Crippen LogP contribution in [0.2, 0.25) is 0 Å². The fourth-order valence-corrected chi connectivity index (χ4v) is 6.51. The summed E-state index contributed by atoms with van der Waals surface area (Å²) in [7, 11) is -3.08. The minimum absolute atomic E-state index is 0.0816. The highest BCUT2D eigenvalue weighted by Gasteiger charge is 2.61. The monoisotopic (exact) mass is 353 g/mol. The fourth-order valence-electron chi connectivity index (χ4n) is 4.06. The lowest BCUT2D eigenvalue weighted by Crippen LogP contribution is -2.67. The van der Waals surface area contributed by atoms with E-state index in [2.05, 4.69) is 0 Å². The molecule has 3 aliphatic rings. The second-order valence-electron chi connectivity index (χ2n) is 7.59. The maximum Gasteiger partial charge on any atom is 0.158 e. The predicted octanol–water partition coefficient (Wildman–Crippen LogP) is 2.24. The molecular weight excluding hydrogens is 329 g/mol. The van der Waals surface area contributed by atoms with Gasteiger partial charge in [0.05, 0.1) is 12.4 Å². The number of nitrogens with zero attached hydrogens (tertiary/aromatic N) is 1. The molecule has 6 heteroatoms. The Morgan fingerprint density at radius 1 is 1.17 bits per heavy atom. The quantitative estimate of drug-likeness (QED) is 0.787. The summed E-state index contributed by atoms with van der Waals surface area (Å²) >= 11 is 0. The molecule has 0 unspecified atom stereocenters. The zero-order chi connectivity index (χ0) is 16.8. The molecule has 2 aliphatic heterocycles. The molecule has 3 fully saturated rings. The number of sulfone groups is 1. The van der Waals surface area contributed by atoms with Gasteiger partial charge in [-0.25, -0.2) is 12.8 Å². The highest BCUT2D eigenvalue weighted by Crippen LogP contribution is 2.45. The van der Waals surface area contributed by atoms with Gasteiger partial charge in [0, 0.05) is 37.7 Å². The van der Waals surface area contributed by atoms with Crippen molar-refractivity contribution in [3.8, 4) is 0 Å². The van der Waals surface area contributed by atoms with Gasteiger partial charge in [-0.1, -0.05) is 18.2 Å². The molecule has 0 aromatic heterocycles. The molecule has 0 N–H and O–H groups in total. The average Bonchev–Trinajstić information content (AvgIpc) is 3.28. The zero-order valence-electron chi connectivity index (χ0n) is 13.8. The molecule has 24 heavy (non-hydrogen) atoms. The van der Waals surface area contributed by atoms with E-state index in [9.17, 15) is 12.8 Å². The minimum Gasteiger partial charge on any atom is -0.381 e. The van der Waals surface area contributed by atoms with Crippen LogP contribution in [-0.4, -0.2) is 50.1 Å². The van der Waals surface area contributed by atoms with Gasteiger partial charge in [0.2, 0.25) is 0 Å². The second kappa shape index (κ2) is 6.07. The van der Waals surface area contributed by atoms with E-state index in [1.165, 1.54) is 18.9 Å². The molecule has 0 radical (unpaired) electrons. The number of hydrogen-bond acceptors (Lipinski definition) is 4. The van der Waals surface area contributed by atoms with E-state index < -0.39 is 14.6 Å². The van der Waals surface area contributed by atoms with Crippen LogP contribution in [0.25, 0.3) is 0 Å². The van der Waals surface area contributed by atoms with Crippen molar-refractivity contribution in [1.82, 2.24) is 4.90 Å². The third-order valence-corrected chi connectivity index (χ3v) is 8.41. The van der Waals surface area contributed by atoms with E-state index in [1.54, 1.807) is 12.1 Å². The summed E-state index contributed by atoms with van der Waals surface area (Å²) in [6.07, 6.45) is 3.18. The number of rotatable bonds is 6. The van der Waals surface area contributed by atoms with Gasteiger partial charge >= 0.3 is 0 Å². The van der Waals surface area contributed by atoms with Crippen molar-refractivity contribution in [3.05, 3.63) is 35.6 Å². The van der Waals surface area contributed by atoms with Crippen LogP contribution in [0.1, 0.15) is 24.8 Å². The van der Waals surface area contributed by atoms with Crippen LogP contribution < -0.4 is 0 Å². The highest BCUT2D eigenvalue weighted by molar-refractivity contribution is 7.93. The van der Waals surface area contributed by atoms with Gasteiger partial charge in [-0.3, -0.25) is 4.90 Å². The first-order valence-electron chi connectivity index (χ1n) is 8.76. The van der Waals surface area contributed by atoms with Crippen molar-refractivity contribution in [3.63, 3.8) is 0 Å². The molecule has 132 valence electrons. The number of likely N-dealkylation sites (tertiary alicyclic amines) is 1. The maximum atomic E-state index is 13.8. The Morgan fingerprint density at radius 3 is 2.62 bits per heavy atom. The Morgan fingerprint density at radius 2 is 1.92 bits per heavy atom. The summed E-state index contributed by atoms with van der Waals surface area (Å²) in [6.45, 7) is 2.79. The average molecular weight is 353 g/mol. The van der Waals surface area contributed by atoms with Crippen LogP contribution in [0.4, 0.5) is 4.39 Å². The Labute approximate surface area is 142 Å². The van der Waals surface area contributed by atoms with Crippen LogP contribution >= 0.6 is 0 Å². The summed E-state index contributed by atoms with van der Waals surface area (Å²) in [6, 6.07) is 6.70. The van der Waals surface area contributed by atoms with Crippen LogP contribution in [0.15, 0.2) is 24.3 Å². The Hall–Kier alpha value is -0.980. The Kier molecular flexibility index (Phi) is 4.17. The third kappa shape index (κ3) is 2.89. The minimum atomic E-state index is -3.08. The zero-order valence-corrected chi connectivity index (χ0v) is 14.6. The lowest BCUT2D eigenvalue weighted by Gasteiger charge is -2.50. The largest absolute Gasteiger partial charge is 0.381 e. The van der Waals surface area contributed by atoms with Gasteiger partial charge in [-0.15, -0.1) is 0 Å². The van der Waals surface area contributed by atoms with E-state index in [4.69, 9.17) is 4.74 Å². The summed E-state index contributed by atoms with van der Waals surface area (Å²) in [4.78, 5) is 2.04. The van der Waals surface area contributed by atoms with Crippen molar-refractivity contribution in [2.24, 2.45) is 11.8 Å². The molecule has 4 nitrogen and oxygen atoms in total. The molecule has 1 saturated carbocycles. The molecule has 1 spiro atoms. The standard InChI is InChI=1S/C18H24FNO3S/c19-17-4-2-1-3-15(17)9-20-12-18(13-20)16(7-8-24(18,21)22)11-23-10-14-5-6-14/h1-4,14,16H,5-13H2/t16-/m0/s1. The topological polar surface area (TPSA) is 46.6 Å². The van der Waals surface area contributed by atoms with Gasteiger partial charge in [-0.2, -0.15) is 0 Å². The van der Waals surface area contributed by atoms with Crippen molar-refractivity contribution in [2.45, 2.75) is 30.6 Å². The molecule has 1 atom stereocenters. The molecule has 2 heterocycles. The molecule has 4 rings (SSSR count). The van der Waals surface area contributed by atoms with Gasteiger partial charge < -0.3 is 4.74 Å². The van der Waals surface area contributed by atoms with Gasteiger partial charge in [-0.05, 0) is 31.2 Å². The van der Waals surface area contributed by atoms with Crippen LogP contribution in [-0.2, 0) is 21.1 Å². The van der Waals surface area contributed by atoms with Crippen molar-refractivity contribution in [1.29, 1.82) is 0 Å². The third-order valence-electron chi connectivity index (χ3n) is 5.80. The summed E-state index contributed by atoms with van der Waals surface area (Å²) < 4.78 is 44.1. The first kappa shape index (κ1) is 16.5. The Balaban J connectivity index is 1.40. The normalized spacial score (nSPS) is 28.1. The first-order valence-corrected chi connectivity index (χ1v) is 10.4. The summed E-state index contributed by atoms with van der Waals surface area (Å²) in [5.74, 6) is 0.811. The highest BCUT2D eigenvalue weighted by atomic mass is 32.2. The van der Waals surface area contributed by atoms with E-state index in [-0.39, 0.29) is 17.5 Å². The van der Waals surface area contributed by atoms with Gasteiger partial charge in [0.15, 0.2) is 9.84 Å². The fraction of sp³-hybridized carbons (Fsp3) is 0.667. The molecule has 1 aliphatic carbocycles. The lowest BCUT2D eigenvalue weighted by atomic mass is 9.83. The smallest absolute Gasteiger partial charge is 0.158 e. The lowest BCUT2D eigenvalue weighted by molar-refractivity contribution is 0.0223. The number of halogens is 1. The second-order valence-corrected chi connectivity index (χ2v) is 10.0. The SMILES string of the molecule is O=S1(=O)CC[C@@H](COCC2CC2)C12CN(Cc1ccccc1F)C2. The molecule has 2 saturated heterocycles. The molecule has 0 amide bonds. The van der Waals surface area contributed by atoms with Gasteiger partial charge in [0.25, 0.3) is 0 Å². The predicted molar refractivity (Wildman–Crippen MR) is 89.8 cm³/mol. The van der Waals surface area contributed by atoms with Crippen molar-refractivity contribution < 1.29 is 17.5 Å². The van der Waals surface area contributed by atoms with E-state index >= 15 is 0 Å². The molecular formula is C18H24FNO3S. The molecule has 1 aromatic rings. The van der Waals surface area contributed by atoms with Crippen LogP contribution in [0, 0.1) is 17.7 Å². The summed E-state index contributed by atoms with van der Waals surface area (Å²) in [5.41, 5.74) is 0.629. The van der Waals surface area contributed by atoms with Crippen molar-refractivity contribution >= 4 is 9.84 Å². The van der Waals surface area contributed by atoms with E-state index in [1.807, 2.05) is 11.0 Å². The number of ether oxygens (including phenoxy) is 1. The maximum absolute atomic E-state index is 13.8. The Bertz CT molecular complexity index is 711. The number of benzene rings is 1. The first-order chi connectivity index (χ1) is 11.5. The van der Waals surface area contributed by atoms with E-state index in [0.717, 1.165) is 6.61 Å². The summed E-state index contributed by atoms with van der Waals surface area (Å²) in [5, 5.41) is 0. The van der Waals surface area contributed by atoms with Gasteiger partial charge in [0.1, 0.15) is 10.6 Å². The molecule has 0 bridgehead atoms. The number of hydrogen-bond donors (Lipinski definition) is 0. The molecule has 1 aromatic carbocycles. The van der Waals surface area contributed by atoms with Crippen molar-refractivity contribution in [2.75, 3.05) is 32.1 Å². The van der Waals surface area contributed by atoms with E-state index in [0.29, 0.717) is 44.1 Å². The van der Waals surface area contributed by atoms with Crippen LogP contribution in [0.3, 0.4) is 0 Å². The van der Waals surface area contributed by atoms with Crippen LogP contribution in [0.5, 0.6) is 0 Å².